The fourth-order valence-corrected chi connectivity index (χ4v) is 3.55. The minimum absolute atomic E-state index is 0.00400. The second kappa shape index (κ2) is 6.11. The third kappa shape index (κ3) is 2.86. The van der Waals surface area contributed by atoms with Crippen LogP contribution in [0.5, 0.6) is 0 Å². The van der Waals surface area contributed by atoms with Crippen LogP contribution in [0.4, 0.5) is 13.6 Å². The van der Waals surface area contributed by atoms with Gasteiger partial charge in [0.25, 0.3) is 5.91 Å². The van der Waals surface area contributed by atoms with Gasteiger partial charge in [-0.1, -0.05) is 6.07 Å². The number of ether oxygens (including phenoxy) is 1. The van der Waals surface area contributed by atoms with Crippen LogP contribution in [0.25, 0.3) is 0 Å². The first-order valence-electron chi connectivity index (χ1n) is 8.19. The minimum atomic E-state index is -1.02. The van der Waals surface area contributed by atoms with Crippen molar-refractivity contribution >= 4 is 11.9 Å². The highest BCUT2D eigenvalue weighted by Gasteiger charge is 2.41. The molecule has 25 heavy (non-hydrogen) atoms. The molecule has 3 heterocycles. The molecule has 4 rings (SSSR count). The standard InChI is InChI=1S/C17H17F2N3O3/c18-11-4-3-9(6-12(11)19)15-14-13(20-17(24)21-15)8-22(16(14)23)7-10-2-1-5-25-10/h3-4,6,10,15H,1-2,5,7-8H2,(H2,20,21,24). The molecule has 1 fully saturated rings. The Bertz CT molecular complexity index is 774. The van der Waals surface area contributed by atoms with E-state index in [1.54, 1.807) is 4.90 Å². The molecule has 0 radical (unpaired) electrons. The molecular weight excluding hydrogens is 332 g/mol. The quantitative estimate of drug-likeness (QED) is 0.871. The van der Waals surface area contributed by atoms with Gasteiger partial charge in [0.1, 0.15) is 0 Å². The Morgan fingerprint density at radius 1 is 1.24 bits per heavy atom. The third-order valence-electron chi connectivity index (χ3n) is 4.75. The van der Waals surface area contributed by atoms with Crippen LogP contribution in [-0.2, 0) is 9.53 Å². The molecule has 1 aromatic rings. The molecule has 2 N–H and O–H groups in total. The predicted octanol–water partition coefficient (Wildman–Crippen LogP) is 1.59. The Morgan fingerprint density at radius 3 is 2.80 bits per heavy atom. The Labute approximate surface area is 142 Å². The average molecular weight is 349 g/mol. The maximum absolute atomic E-state index is 13.6. The van der Waals surface area contributed by atoms with Gasteiger partial charge in [-0.15, -0.1) is 0 Å². The van der Waals surface area contributed by atoms with Crippen LogP contribution in [0.2, 0.25) is 0 Å². The number of rotatable bonds is 3. The molecule has 0 aliphatic carbocycles. The largest absolute Gasteiger partial charge is 0.376 e. The van der Waals surface area contributed by atoms with E-state index in [4.69, 9.17) is 4.74 Å². The van der Waals surface area contributed by atoms with Gasteiger partial charge in [-0.05, 0) is 30.5 Å². The molecule has 0 saturated carbocycles. The topological polar surface area (TPSA) is 70.7 Å². The van der Waals surface area contributed by atoms with E-state index in [2.05, 4.69) is 10.6 Å². The van der Waals surface area contributed by atoms with Crippen molar-refractivity contribution < 1.29 is 23.1 Å². The SMILES string of the molecule is O=C1NC2=C(C(=O)N(CC3CCCO3)C2)C(c2ccc(F)c(F)c2)N1. The molecule has 0 aromatic heterocycles. The number of carbonyl (C=O) groups excluding carboxylic acids is 2. The number of nitrogens with one attached hydrogen (secondary N) is 2. The summed E-state index contributed by atoms with van der Waals surface area (Å²) in [6.07, 6.45) is 1.86. The molecule has 3 aliphatic heterocycles. The first-order chi connectivity index (χ1) is 12.0. The summed E-state index contributed by atoms with van der Waals surface area (Å²) in [5, 5.41) is 5.27. The van der Waals surface area contributed by atoms with E-state index in [1.165, 1.54) is 6.07 Å². The molecule has 6 nitrogen and oxygen atoms in total. The molecule has 3 amide bonds. The summed E-state index contributed by atoms with van der Waals surface area (Å²) in [5.41, 5.74) is 1.19. The van der Waals surface area contributed by atoms with Crippen LogP contribution in [-0.4, -0.2) is 42.6 Å². The fraction of sp³-hybridized carbons (Fsp3) is 0.412. The normalized spacial score (nSPS) is 25.9. The van der Waals surface area contributed by atoms with Crippen LogP contribution < -0.4 is 10.6 Å². The first kappa shape index (κ1) is 16.0. The summed E-state index contributed by atoms with van der Waals surface area (Å²) in [6.45, 7) is 1.42. The van der Waals surface area contributed by atoms with E-state index >= 15 is 0 Å². The molecule has 2 atom stereocenters. The van der Waals surface area contributed by atoms with E-state index in [0.29, 0.717) is 30.0 Å². The molecule has 0 bridgehead atoms. The van der Waals surface area contributed by atoms with Crippen molar-refractivity contribution in [2.75, 3.05) is 19.7 Å². The predicted molar refractivity (Wildman–Crippen MR) is 83.3 cm³/mol. The maximum atomic E-state index is 13.6. The van der Waals surface area contributed by atoms with E-state index in [0.717, 1.165) is 25.0 Å². The molecule has 132 valence electrons. The molecule has 0 spiro atoms. The van der Waals surface area contributed by atoms with Gasteiger partial charge in [-0.3, -0.25) is 4.79 Å². The molecule has 2 unspecified atom stereocenters. The molecule has 1 saturated heterocycles. The molecule has 1 aromatic carbocycles. The Kier molecular flexibility index (Phi) is 3.91. The van der Waals surface area contributed by atoms with Crippen molar-refractivity contribution in [1.82, 2.24) is 15.5 Å². The van der Waals surface area contributed by atoms with Gasteiger partial charge in [0, 0.05) is 13.2 Å². The summed E-state index contributed by atoms with van der Waals surface area (Å²) in [7, 11) is 0. The van der Waals surface area contributed by atoms with Gasteiger partial charge in [0.15, 0.2) is 11.6 Å². The average Bonchev–Trinajstić information content (AvgIpc) is 3.18. The van der Waals surface area contributed by atoms with Crippen LogP contribution in [0, 0.1) is 11.6 Å². The number of halogens is 2. The van der Waals surface area contributed by atoms with Gasteiger partial charge >= 0.3 is 6.03 Å². The van der Waals surface area contributed by atoms with Gasteiger partial charge in [-0.2, -0.15) is 0 Å². The molecule has 8 heteroatoms. The van der Waals surface area contributed by atoms with Crippen molar-refractivity contribution in [3.8, 4) is 0 Å². The van der Waals surface area contributed by atoms with Gasteiger partial charge in [0.05, 0.1) is 30.0 Å². The summed E-state index contributed by atoms with van der Waals surface area (Å²) in [6, 6.07) is 2.09. The first-order valence-corrected chi connectivity index (χ1v) is 8.19. The summed E-state index contributed by atoms with van der Waals surface area (Å²) in [5.74, 6) is -2.22. The van der Waals surface area contributed by atoms with Crippen molar-refractivity contribution in [3.63, 3.8) is 0 Å². The molecular formula is C17H17F2N3O3. The number of carbonyl (C=O) groups is 2. The van der Waals surface area contributed by atoms with E-state index in [1.807, 2.05) is 0 Å². The summed E-state index contributed by atoms with van der Waals surface area (Å²) >= 11 is 0. The number of amides is 3. The number of nitrogens with zero attached hydrogens (tertiary/aromatic N) is 1. The highest BCUT2D eigenvalue weighted by Crippen LogP contribution is 2.33. The monoisotopic (exact) mass is 349 g/mol. The van der Waals surface area contributed by atoms with Crippen LogP contribution in [0.15, 0.2) is 29.5 Å². The minimum Gasteiger partial charge on any atom is -0.376 e. The number of hydrogen-bond donors (Lipinski definition) is 2. The van der Waals surface area contributed by atoms with Crippen LogP contribution in [0.3, 0.4) is 0 Å². The lowest BCUT2D eigenvalue weighted by Crippen LogP contribution is -2.44. The smallest absolute Gasteiger partial charge is 0.319 e. The zero-order valence-electron chi connectivity index (χ0n) is 13.4. The third-order valence-corrected chi connectivity index (χ3v) is 4.75. The number of urea groups is 1. The van der Waals surface area contributed by atoms with Crippen LogP contribution >= 0.6 is 0 Å². The second-order valence-electron chi connectivity index (χ2n) is 6.42. The van der Waals surface area contributed by atoms with Gasteiger partial charge < -0.3 is 20.3 Å². The highest BCUT2D eigenvalue weighted by atomic mass is 19.2. The lowest BCUT2D eigenvalue weighted by molar-refractivity contribution is -0.127. The van der Waals surface area contributed by atoms with Crippen molar-refractivity contribution in [2.24, 2.45) is 0 Å². The Balaban J connectivity index is 1.62. The highest BCUT2D eigenvalue weighted by molar-refractivity contribution is 6.01. The number of benzene rings is 1. The second-order valence-corrected chi connectivity index (χ2v) is 6.42. The lowest BCUT2D eigenvalue weighted by atomic mass is 9.96. The van der Waals surface area contributed by atoms with Gasteiger partial charge in [0.2, 0.25) is 0 Å². The number of hydrogen-bond acceptors (Lipinski definition) is 3. The Morgan fingerprint density at radius 2 is 2.08 bits per heavy atom. The van der Waals surface area contributed by atoms with E-state index < -0.39 is 23.7 Å². The van der Waals surface area contributed by atoms with Gasteiger partial charge in [-0.25, -0.2) is 13.6 Å². The van der Waals surface area contributed by atoms with Crippen molar-refractivity contribution in [2.45, 2.75) is 25.0 Å². The van der Waals surface area contributed by atoms with Crippen molar-refractivity contribution in [3.05, 3.63) is 46.7 Å². The van der Waals surface area contributed by atoms with E-state index in [9.17, 15) is 18.4 Å². The fourth-order valence-electron chi connectivity index (χ4n) is 3.55. The van der Waals surface area contributed by atoms with Crippen molar-refractivity contribution in [1.29, 1.82) is 0 Å². The van der Waals surface area contributed by atoms with E-state index in [-0.39, 0.29) is 18.6 Å². The van der Waals surface area contributed by atoms with Crippen LogP contribution in [0.1, 0.15) is 24.4 Å². The maximum Gasteiger partial charge on any atom is 0.319 e. The Hall–Kier alpha value is -2.48. The zero-order valence-corrected chi connectivity index (χ0v) is 13.4. The zero-order chi connectivity index (χ0) is 17.6. The molecule has 3 aliphatic rings. The summed E-state index contributed by atoms with van der Waals surface area (Å²) < 4.78 is 32.4. The summed E-state index contributed by atoms with van der Waals surface area (Å²) in [4.78, 5) is 26.4. The lowest BCUT2D eigenvalue weighted by Gasteiger charge is -2.25.